The molecule has 1 N–H and O–H groups in total. The first-order chi connectivity index (χ1) is 11.3. The molecule has 134 valence electrons. The van der Waals surface area contributed by atoms with Gasteiger partial charge in [0, 0.05) is 30.2 Å². The zero-order valence-corrected chi connectivity index (χ0v) is 15.9. The zero-order chi connectivity index (χ0) is 17.7. The van der Waals surface area contributed by atoms with Crippen molar-refractivity contribution in [1.29, 1.82) is 0 Å². The van der Waals surface area contributed by atoms with Crippen molar-refractivity contribution in [2.24, 2.45) is 0 Å². The van der Waals surface area contributed by atoms with Crippen molar-refractivity contribution in [1.82, 2.24) is 10.2 Å². The number of amides is 1. The van der Waals surface area contributed by atoms with Gasteiger partial charge in [0.15, 0.2) is 0 Å². The summed E-state index contributed by atoms with van der Waals surface area (Å²) in [6.45, 7) is 9.40. The Bertz CT molecular complexity index is 557. The van der Waals surface area contributed by atoms with Crippen LogP contribution in [0.3, 0.4) is 0 Å². The lowest BCUT2D eigenvalue weighted by Gasteiger charge is -2.30. The van der Waals surface area contributed by atoms with Gasteiger partial charge in [-0.15, -0.1) is 0 Å². The van der Waals surface area contributed by atoms with Gasteiger partial charge in [-0.1, -0.05) is 30.7 Å². The first-order valence-electron chi connectivity index (χ1n) is 8.78. The maximum Gasteiger partial charge on any atom is 0.410 e. The lowest BCUT2D eigenvalue weighted by molar-refractivity contribution is 0.0224. The van der Waals surface area contributed by atoms with E-state index in [9.17, 15) is 4.79 Å². The molecule has 1 aliphatic heterocycles. The van der Waals surface area contributed by atoms with E-state index in [1.807, 2.05) is 43.9 Å². The third-order valence-electron chi connectivity index (χ3n) is 4.26. The van der Waals surface area contributed by atoms with Crippen molar-refractivity contribution in [3.63, 3.8) is 0 Å². The number of nitrogens with zero attached hydrogens (tertiary/aromatic N) is 1. The van der Waals surface area contributed by atoms with Gasteiger partial charge in [0.25, 0.3) is 0 Å². The standard InChI is InChI=1S/C19H29ClN2O2/c1-5-17(14-8-6-9-15(20)12-14)21-13-16-10-7-11-22(16)18(23)24-19(2,3)4/h6,8-9,12,16-17,21H,5,7,10-11,13H2,1-4H3. The Morgan fingerprint density at radius 2 is 2.21 bits per heavy atom. The maximum absolute atomic E-state index is 12.4. The van der Waals surface area contributed by atoms with Gasteiger partial charge in [-0.3, -0.25) is 0 Å². The summed E-state index contributed by atoms with van der Waals surface area (Å²) in [4.78, 5) is 14.2. The number of hydrogen-bond acceptors (Lipinski definition) is 3. The second-order valence-electron chi connectivity index (χ2n) is 7.39. The fourth-order valence-corrected chi connectivity index (χ4v) is 3.31. The van der Waals surface area contributed by atoms with E-state index < -0.39 is 5.60 Å². The Labute approximate surface area is 150 Å². The van der Waals surface area contributed by atoms with E-state index >= 15 is 0 Å². The Hall–Kier alpha value is -1.26. The van der Waals surface area contributed by atoms with Crippen molar-refractivity contribution in [2.45, 2.75) is 64.6 Å². The lowest BCUT2D eigenvalue weighted by Crippen LogP contribution is -2.44. The number of benzene rings is 1. The Morgan fingerprint density at radius 1 is 1.46 bits per heavy atom. The van der Waals surface area contributed by atoms with Crippen LogP contribution in [0.5, 0.6) is 0 Å². The van der Waals surface area contributed by atoms with Crippen LogP contribution >= 0.6 is 11.6 Å². The Kier molecular flexibility index (Phi) is 6.53. The molecule has 4 nitrogen and oxygen atoms in total. The van der Waals surface area contributed by atoms with Crippen molar-refractivity contribution >= 4 is 17.7 Å². The number of nitrogens with one attached hydrogen (secondary N) is 1. The summed E-state index contributed by atoms with van der Waals surface area (Å²) < 4.78 is 5.53. The summed E-state index contributed by atoms with van der Waals surface area (Å²) in [5.41, 5.74) is 0.733. The second kappa shape index (κ2) is 8.21. The molecule has 1 fully saturated rings. The molecule has 2 unspecified atom stereocenters. The number of ether oxygens (including phenoxy) is 1. The summed E-state index contributed by atoms with van der Waals surface area (Å²) in [7, 11) is 0. The first-order valence-corrected chi connectivity index (χ1v) is 9.16. The molecule has 2 atom stereocenters. The van der Waals surface area contributed by atoms with E-state index in [4.69, 9.17) is 16.3 Å². The summed E-state index contributed by atoms with van der Waals surface area (Å²) in [6, 6.07) is 8.39. The van der Waals surface area contributed by atoms with Gasteiger partial charge >= 0.3 is 6.09 Å². The smallest absolute Gasteiger partial charge is 0.410 e. The second-order valence-corrected chi connectivity index (χ2v) is 7.83. The largest absolute Gasteiger partial charge is 0.444 e. The Balaban J connectivity index is 1.95. The van der Waals surface area contributed by atoms with Gasteiger partial charge < -0.3 is 15.0 Å². The van der Waals surface area contributed by atoms with E-state index in [0.717, 1.165) is 37.4 Å². The molecule has 0 spiro atoms. The highest BCUT2D eigenvalue weighted by molar-refractivity contribution is 6.30. The normalized spacial score (nSPS) is 19.4. The van der Waals surface area contributed by atoms with Gasteiger partial charge in [0.05, 0.1) is 0 Å². The highest BCUT2D eigenvalue weighted by atomic mass is 35.5. The minimum atomic E-state index is -0.454. The van der Waals surface area contributed by atoms with E-state index in [2.05, 4.69) is 18.3 Å². The van der Waals surface area contributed by atoms with Crippen molar-refractivity contribution in [3.05, 3.63) is 34.9 Å². The van der Waals surface area contributed by atoms with Crippen molar-refractivity contribution in [3.8, 4) is 0 Å². The number of carbonyl (C=O) groups is 1. The monoisotopic (exact) mass is 352 g/mol. The summed E-state index contributed by atoms with van der Waals surface area (Å²) >= 11 is 6.10. The third kappa shape index (κ3) is 5.38. The van der Waals surface area contributed by atoms with Crippen LogP contribution in [0, 0.1) is 0 Å². The fraction of sp³-hybridized carbons (Fsp3) is 0.632. The molecular formula is C19H29ClN2O2. The molecule has 24 heavy (non-hydrogen) atoms. The Morgan fingerprint density at radius 3 is 2.83 bits per heavy atom. The lowest BCUT2D eigenvalue weighted by atomic mass is 10.0. The highest BCUT2D eigenvalue weighted by Crippen LogP contribution is 2.23. The highest BCUT2D eigenvalue weighted by Gasteiger charge is 2.32. The van der Waals surface area contributed by atoms with Gasteiger partial charge in [-0.2, -0.15) is 0 Å². The molecule has 0 bridgehead atoms. The minimum absolute atomic E-state index is 0.188. The summed E-state index contributed by atoms with van der Waals surface area (Å²) in [5.74, 6) is 0. The molecule has 1 heterocycles. The number of likely N-dealkylation sites (tertiary alicyclic amines) is 1. The predicted molar refractivity (Wildman–Crippen MR) is 98.4 cm³/mol. The molecule has 1 saturated heterocycles. The van der Waals surface area contributed by atoms with E-state index in [1.165, 1.54) is 5.56 Å². The first kappa shape index (κ1) is 19.1. The van der Waals surface area contributed by atoms with Crippen LogP contribution in [-0.2, 0) is 4.74 Å². The topological polar surface area (TPSA) is 41.6 Å². The molecule has 5 heteroatoms. The molecule has 0 saturated carbocycles. The van der Waals surface area contributed by atoms with Gasteiger partial charge in [0.2, 0.25) is 0 Å². The third-order valence-corrected chi connectivity index (χ3v) is 4.50. The van der Waals surface area contributed by atoms with Crippen LogP contribution in [0.2, 0.25) is 5.02 Å². The number of halogens is 1. The van der Waals surface area contributed by atoms with Crippen LogP contribution in [0.1, 0.15) is 58.6 Å². The van der Waals surface area contributed by atoms with Crippen LogP contribution in [-0.4, -0.2) is 35.7 Å². The molecule has 2 rings (SSSR count). The maximum atomic E-state index is 12.4. The number of hydrogen-bond donors (Lipinski definition) is 1. The van der Waals surface area contributed by atoms with Crippen LogP contribution in [0.15, 0.2) is 24.3 Å². The average Bonchev–Trinajstić information content (AvgIpc) is 2.95. The van der Waals surface area contributed by atoms with Gasteiger partial charge in [0.1, 0.15) is 5.60 Å². The van der Waals surface area contributed by atoms with E-state index in [-0.39, 0.29) is 18.2 Å². The fourth-order valence-electron chi connectivity index (χ4n) is 3.11. The SMILES string of the molecule is CCC(NCC1CCCN1C(=O)OC(C)(C)C)c1cccc(Cl)c1. The quantitative estimate of drug-likeness (QED) is 0.829. The molecule has 1 aliphatic rings. The van der Waals surface area contributed by atoms with E-state index in [0.29, 0.717) is 0 Å². The average molecular weight is 353 g/mol. The molecule has 1 aromatic rings. The van der Waals surface area contributed by atoms with Crippen LogP contribution in [0.25, 0.3) is 0 Å². The summed E-state index contributed by atoms with van der Waals surface area (Å²) in [6.07, 6.45) is 2.81. The van der Waals surface area contributed by atoms with Gasteiger partial charge in [-0.25, -0.2) is 4.79 Å². The molecule has 0 radical (unpaired) electrons. The zero-order valence-electron chi connectivity index (χ0n) is 15.1. The molecular weight excluding hydrogens is 324 g/mol. The number of carbonyl (C=O) groups excluding carboxylic acids is 1. The molecule has 0 aromatic heterocycles. The molecule has 1 aromatic carbocycles. The summed E-state index contributed by atoms with van der Waals surface area (Å²) in [5, 5.41) is 4.35. The molecule has 1 amide bonds. The van der Waals surface area contributed by atoms with Crippen molar-refractivity contribution in [2.75, 3.05) is 13.1 Å². The van der Waals surface area contributed by atoms with Crippen LogP contribution < -0.4 is 5.32 Å². The minimum Gasteiger partial charge on any atom is -0.444 e. The number of rotatable bonds is 5. The molecule has 0 aliphatic carbocycles. The van der Waals surface area contributed by atoms with Crippen LogP contribution in [0.4, 0.5) is 4.79 Å². The van der Waals surface area contributed by atoms with E-state index in [1.54, 1.807) is 0 Å². The predicted octanol–water partition coefficient (Wildman–Crippen LogP) is 4.78. The van der Waals surface area contributed by atoms with Crippen molar-refractivity contribution < 1.29 is 9.53 Å². The van der Waals surface area contributed by atoms with Gasteiger partial charge in [-0.05, 0) is 57.7 Å².